The van der Waals surface area contributed by atoms with Crippen LogP contribution in [0.1, 0.15) is 30.6 Å². The van der Waals surface area contributed by atoms with Crippen LogP contribution in [0.25, 0.3) is 10.8 Å². The maximum atomic E-state index is 12.8. The van der Waals surface area contributed by atoms with E-state index in [0.29, 0.717) is 22.1 Å². The summed E-state index contributed by atoms with van der Waals surface area (Å²) in [6, 6.07) is 20.4. The molecule has 0 saturated carbocycles. The number of rotatable bonds is 7. The van der Waals surface area contributed by atoms with Gasteiger partial charge in [0, 0.05) is 36.4 Å². The molecule has 3 aromatic rings. The van der Waals surface area contributed by atoms with Gasteiger partial charge >= 0.3 is 0 Å². The van der Waals surface area contributed by atoms with Gasteiger partial charge in [0.15, 0.2) is 5.17 Å². The van der Waals surface area contributed by atoms with Gasteiger partial charge in [-0.05, 0) is 55.0 Å². The predicted octanol–water partition coefficient (Wildman–Crippen LogP) is 4.76. The van der Waals surface area contributed by atoms with E-state index >= 15 is 0 Å². The van der Waals surface area contributed by atoms with Crippen molar-refractivity contribution in [3.8, 4) is 0 Å². The number of nitrogens with zero attached hydrogens (tertiary/aromatic N) is 2. The normalized spacial score (nSPS) is 15.2. The van der Waals surface area contributed by atoms with Crippen LogP contribution in [0.4, 0.5) is 11.4 Å². The summed E-state index contributed by atoms with van der Waals surface area (Å²) in [5, 5.41) is 7.96. The zero-order valence-corrected chi connectivity index (χ0v) is 19.9. The summed E-state index contributed by atoms with van der Waals surface area (Å²) in [7, 11) is 0. The molecule has 0 aliphatic carbocycles. The maximum Gasteiger partial charge on any atom is 0.262 e. The van der Waals surface area contributed by atoms with Gasteiger partial charge in [0.25, 0.3) is 11.8 Å². The number of carbonyl (C=O) groups is 3. The van der Waals surface area contributed by atoms with Gasteiger partial charge in [-0.1, -0.05) is 48.2 Å². The largest absolute Gasteiger partial charge is 0.352 e. The highest BCUT2D eigenvalue weighted by molar-refractivity contribution is 8.15. The number of hydrogen-bond acceptors (Lipinski definition) is 5. The predicted molar refractivity (Wildman–Crippen MR) is 138 cm³/mol. The second-order valence-electron chi connectivity index (χ2n) is 7.86. The summed E-state index contributed by atoms with van der Waals surface area (Å²) in [5.74, 6) is -0.857. The van der Waals surface area contributed by atoms with Crippen LogP contribution in [0.3, 0.4) is 0 Å². The molecule has 1 heterocycles. The highest BCUT2D eigenvalue weighted by Gasteiger charge is 2.32. The van der Waals surface area contributed by atoms with Crippen LogP contribution < -0.4 is 10.6 Å². The molecule has 7 nitrogen and oxygen atoms in total. The van der Waals surface area contributed by atoms with E-state index in [-0.39, 0.29) is 24.1 Å². The number of fused-ring (bicyclic) bond motifs is 1. The van der Waals surface area contributed by atoms with Crippen LogP contribution in [0.5, 0.6) is 0 Å². The second kappa shape index (κ2) is 10.5. The standard InChI is InChI=1S/C26H26N4O3S/c1-3-30(4-2)26-29-25(33)22(34-26)16-23(31)27-20-11-7-10-19(15-20)24(32)28-21-13-12-17-8-5-6-9-18(17)14-21/h5-15,22H,3-4,16H2,1-2H3,(H,27,31)(H,28,32)/t22-/m0/s1. The van der Waals surface area contributed by atoms with Gasteiger partial charge in [0.1, 0.15) is 5.25 Å². The first-order chi connectivity index (χ1) is 16.5. The van der Waals surface area contributed by atoms with Crippen LogP contribution in [0.15, 0.2) is 71.7 Å². The third-order valence-electron chi connectivity index (χ3n) is 5.55. The molecule has 174 valence electrons. The van der Waals surface area contributed by atoms with Crippen molar-refractivity contribution >= 4 is 56.8 Å². The minimum absolute atomic E-state index is 0.0191. The summed E-state index contributed by atoms with van der Waals surface area (Å²) in [4.78, 5) is 43.7. The van der Waals surface area contributed by atoms with E-state index in [1.54, 1.807) is 24.3 Å². The fraction of sp³-hybridized carbons (Fsp3) is 0.231. The average molecular weight is 475 g/mol. The molecule has 0 saturated heterocycles. The van der Waals surface area contributed by atoms with Crippen molar-refractivity contribution in [2.24, 2.45) is 4.99 Å². The first-order valence-corrected chi connectivity index (χ1v) is 12.1. The molecule has 0 spiro atoms. The Balaban J connectivity index is 1.37. The topological polar surface area (TPSA) is 90.9 Å². The van der Waals surface area contributed by atoms with Crippen molar-refractivity contribution < 1.29 is 14.4 Å². The zero-order chi connectivity index (χ0) is 24.1. The summed E-state index contributed by atoms with van der Waals surface area (Å²) in [6.45, 7) is 5.51. The quantitative estimate of drug-likeness (QED) is 0.515. The molecular weight excluding hydrogens is 448 g/mol. The highest BCUT2D eigenvalue weighted by Crippen LogP contribution is 2.27. The SMILES string of the molecule is CCN(CC)C1=NC(=O)[C@H](CC(=O)Nc2cccc(C(=O)Nc3ccc4ccccc4c3)c2)S1. The summed E-state index contributed by atoms with van der Waals surface area (Å²) >= 11 is 1.33. The number of amides is 3. The molecule has 0 fully saturated rings. The number of aliphatic imine (C=N–C) groups is 1. The Kier molecular flexibility index (Phi) is 7.27. The van der Waals surface area contributed by atoms with Crippen LogP contribution >= 0.6 is 11.8 Å². The number of carbonyl (C=O) groups excluding carboxylic acids is 3. The average Bonchev–Trinajstić information content (AvgIpc) is 3.19. The van der Waals surface area contributed by atoms with Crippen molar-refractivity contribution in [3.05, 3.63) is 72.3 Å². The Morgan fingerprint density at radius 3 is 2.41 bits per heavy atom. The Morgan fingerprint density at radius 2 is 1.65 bits per heavy atom. The van der Waals surface area contributed by atoms with Crippen molar-refractivity contribution in [1.29, 1.82) is 0 Å². The Labute approximate surface area is 202 Å². The molecule has 8 heteroatoms. The third kappa shape index (κ3) is 5.46. The summed E-state index contributed by atoms with van der Waals surface area (Å²) in [5.41, 5.74) is 1.61. The molecule has 0 bridgehead atoms. The van der Waals surface area contributed by atoms with Gasteiger partial charge in [-0.2, -0.15) is 4.99 Å². The number of nitrogens with one attached hydrogen (secondary N) is 2. The number of anilines is 2. The Morgan fingerprint density at radius 1 is 0.912 bits per heavy atom. The van der Waals surface area contributed by atoms with Crippen LogP contribution in [-0.2, 0) is 9.59 Å². The van der Waals surface area contributed by atoms with Crippen molar-refractivity contribution in [3.63, 3.8) is 0 Å². The first kappa shape index (κ1) is 23.5. The molecule has 1 aliphatic heterocycles. The van der Waals surface area contributed by atoms with E-state index in [9.17, 15) is 14.4 Å². The molecule has 34 heavy (non-hydrogen) atoms. The van der Waals surface area contributed by atoms with Gasteiger partial charge in [-0.15, -0.1) is 0 Å². The van der Waals surface area contributed by atoms with Crippen LogP contribution in [0.2, 0.25) is 0 Å². The number of amidine groups is 1. The lowest BCUT2D eigenvalue weighted by Crippen LogP contribution is -2.27. The molecule has 0 aromatic heterocycles. The summed E-state index contributed by atoms with van der Waals surface area (Å²) < 4.78 is 0. The Bertz CT molecular complexity index is 1270. The molecule has 0 unspecified atom stereocenters. The lowest BCUT2D eigenvalue weighted by atomic mass is 10.1. The zero-order valence-electron chi connectivity index (χ0n) is 19.1. The molecule has 1 atom stereocenters. The number of hydrogen-bond donors (Lipinski definition) is 2. The second-order valence-corrected chi connectivity index (χ2v) is 9.03. The van der Waals surface area contributed by atoms with E-state index in [2.05, 4.69) is 15.6 Å². The van der Waals surface area contributed by atoms with Crippen molar-refractivity contribution in [2.45, 2.75) is 25.5 Å². The maximum absolute atomic E-state index is 12.8. The van der Waals surface area contributed by atoms with Gasteiger partial charge in [-0.3, -0.25) is 14.4 Å². The molecule has 2 N–H and O–H groups in total. The van der Waals surface area contributed by atoms with Crippen LogP contribution in [0, 0.1) is 0 Å². The lowest BCUT2D eigenvalue weighted by Gasteiger charge is -2.19. The van der Waals surface area contributed by atoms with Gasteiger partial charge in [0.05, 0.1) is 0 Å². The minimum Gasteiger partial charge on any atom is -0.352 e. The minimum atomic E-state index is -0.532. The number of thioether (sulfide) groups is 1. The van der Waals surface area contributed by atoms with Gasteiger partial charge in [-0.25, -0.2) is 0 Å². The van der Waals surface area contributed by atoms with E-state index in [0.717, 1.165) is 23.9 Å². The molecular formula is C26H26N4O3S. The third-order valence-corrected chi connectivity index (χ3v) is 6.76. The van der Waals surface area contributed by atoms with Gasteiger partial charge in [0.2, 0.25) is 5.91 Å². The fourth-order valence-corrected chi connectivity index (χ4v) is 4.92. The summed E-state index contributed by atoms with van der Waals surface area (Å²) in [6.07, 6.45) is 0.0191. The molecule has 0 radical (unpaired) electrons. The van der Waals surface area contributed by atoms with E-state index in [1.807, 2.05) is 61.2 Å². The van der Waals surface area contributed by atoms with Crippen LogP contribution in [-0.4, -0.2) is 46.1 Å². The number of benzene rings is 3. The molecule has 3 aromatic carbocycles. The monoisotopic (exact) mass is 474 g/mol. The molecule has 3 amide bonds. The van der Waals surface area contributed by atoms with Gasteiger partial charge < -0.3 is 15.5 Å². The smallest absolute Gasteiger partial charge is 0.262 e. The van der Waals surface area contributed by atoms with Crippen molar-refractivity contribution in [2.75, 3.05) is 23.7 Å². The molecule has 1 aliphatic rings. The van der Waals surface area contributed by atoms with E-state index in [4.69, 9.17) is 0 Å². The molecule has 4 rings (SSSR count). The van der Waals surface area contributed by atoms with E-state index < -0.39 is 5.25 Å². The fourth-order valence-electron chi connectivity index (χ4n) is 3.73. The van der Waals surface area contributed by atoms with E-state index in [1.165, 1.54) is 11.8 Å². The first-order valence-electron chi connectivity index (χ1n) is 11.2. The lowest BCUT2D eigenvalue weighted by molar-refractivity contribution is -0.121. The van der Waals surface area contributed by atoms with Crippen molar-refractivity contribution in [1.82, 2.24) is 4.90 Å². The highest BCUT2D eigenvalue weighted by atomic mass is 32.2. The Hall–Kier alpha value is -3.65.